The maximum atomic E-state index is 12.2. The number of benzene rings is 2. The summed E-state index contributed by atoms with van der Waals surface area (Å²) in [5.74, 6) is 1.51. The van der Waals surface area contributed by atoms with Gasteiger partial charge in [-0.3, -0.25) is 4.79 Å². The van der Waals surface area contributed by atoms with Gasteiger partial charge in [-0.2, -0.15) is 0 Å². The first-order chi connectivity index (χ1) is 13.3. The van der Waals surface area contributed by atoms with E-state index in [9.17, 15) is 13.2 Å². The number of amides is 1. The fourth-order valence-corrected chi connectivity index (χ4v) is 3.59. The number of hydrogen-bond donors (Lipinski definition) is 1. The van der Waals surface area contributed by atoms with Crippen LogP contribution in [0.15, 0.2) is 41.3 Å². The summed E-state index contributed by atoms with van der Waals surface area (Å²) in [4.78, 5) is 12.2. The quantitative estimate of drug-likeness (QED) is 0.752. The molecule has 0 saturated heterocycles. The van der Waals surface area contributed by atoms with Gasteiger partial charge in [0.2, 0.25) is 16.8 Å². The third-order valence-electron chi connectivity index (χ3n) is 4.21. The largest absolute Gasteiger partial charge is 0.484 e. The van der Waals surface area contributed by atoms with Crippen molar-refractivity contribution in [2.24, 2.45) is 0 Å². The Morgan fingerprint density at radius 2 is 1.89 bits per heavy atom. The van der Waals surface area contributed by atoms with E-state index < -0.39 is 10.0 Å². The molecule has 2 aromatic rings. The Bertz CT molecular complexity index is 988. The van der Waals surface area contributed by atoms with Crippen LogP contribution < -0.4 is 19.5 Å². The Balaban J connectivity index is 1.54. The van der Waals surface area contributed by atoms with Gasteiger partial charge in [0, 0.05) is 20.6 Å². The van der Waals surface area contributed by atoms with E-state index in [2.05, 4.69) is 5.32 Å². The molecule has 0 unspecified atom stereocenters. The molecule has 150 valence electrons. The average Bonchev–Trinajstić information content (AvgIpc) is 3.13. The summed E-state index contributed by atoms with van der Waals surface area (Å²) in [7, 11) is -0.568. The Hall–Kier alpha value is -2.78. The Kier molecular flexibility index (Phi) is 5.76. The van der Waals surface area contributed by atoms with Crippen LogP contribution in [0.4, 0.5) is 0 Å². The Morgan fingerprint density at radius 1 is 1.14 bits per heavy atom. The van der Waals surface area contributed by atoms with Crippen LogP contribution in [0, 0.1) is 6.92 Å². The topological polar surface area (TPSA) is 94.2 Å². The molecule has 9 heteroatoms. The predicted octanol–water partition coefficient (Wildman–Crippen LogP) is 1.67. The standard InChI is InChI=1S/C19H22N2O6S/c1-13-8-15(28(23,24)21(2)3)5-7-16(13)25-11-19(22)20-10-14-4-6-17-18(9-14)27-12-26-17/h4-9H,10-12H2,1-3H3,(H,20,22). The lowest BCUT2D eigenvalue weighted by molar-refractivity contribution is -0.123. The summed E-state index contributed by atoms with van der Waals surface area (Å²) in [5.41, 5.74) is 1.51. The van der Waals surface area contributed by atoms with Gasteiger partial charge in [0.05, 0.1) is 4.90 Å². The van der Waals surface area contributed by atoms with Crippen LogP contribution in [0.25, 0.3) is 0 Å². The molecule has 0 fully saturated rings. The van der Waals surface area contributed by atoms with Crippen LogP contribution in [0.3, 0.4) is 0 Å². The van der Waals surface area contributed by atoms with Gasteiger partial charge < -0.3 is 19.5 Å². The molecule has 0 spiro atoms. The highest BCUT2D eigenvalue weighted by Crippen LogP contribution is 2.32. The second-order valence-corrected chi connectivity index (χ2v) is 8.62. The molecular weight excluding hydrogens is 384 g/mol. The second-order valence-electron chi connectivity index (χ2n) is 6.47. The SMILES string of the molecule is Cc1cc(S(=O)(=O)N(C)C)ccc1OCC(=O)NCc1ccc2c(c1)OCO2. The molecule has 0 atom stereocenters. The third-order valence-corrected chi connectivity index (χ3v) is 6.02. The number of nitrogens with one attached hydrogen (secondary N) is 1. The van der Waals surface area contributed by atoms with E-state index in [0.29, 0.717) is 29.4 Å². The first-order valence-electron chi connectivity index (χ1n) is 8.58. The van der Waals surface area contributed by atoms with E-state index in [1.54, 1.807) is 19.1 Å². The Morgan fingerprint density at radius 3 is 2.61 bits per heavy atom. The van der Waals surface area contributed by atoms with Crippen LogP contribution in [0.1, 0.15) is 11.1 Å². The Labute approximate surface area is 164 Å². The highest BCUT2D eigenvalue weighted by Gasteiger charge is 2.18. The lowest BCUT2D eigenvalue weighted by atomic mass is 10.2. The smallest absolute Gasteiger partial charge is 0.258 e. The minimum absolute atomic E-state index is 0.175. The molecule has 0 aliphatic carbocycles. The number of hydrogen-bond acceptors (Lipinski definition) is 6. The monoisotopic (exact) mass is 406 g/mol. The molecule has 0 bridgehead atoms. The number of nitrogens with zero attached hydrogens (tertiary/aromatic N) is 1. The molecule has 0 aromatic heterocycles. The van der Waals surface area contributed by atoms with Crippen molar-refractivity contribution in [3.63, 3.8) is 0 Å². The molecule has 8 nitrogen and oxygen atoms in total. The summed E-state index contributed by atoms with van der Waals surface area (Å²) in [5, 5.41) is 2.77. The van der Waals surface area contributed by atoms with Crippen molar-refractivity contribution in [3.05, 3.63) is 47.5 Å². The number of aryl methyl sites for hydroxylation is 1. The molecule has 28 heavy (non-hydrogen) atoms. The zero-order valence-electron chi connectivity index (χ0n) is 15.9. The van der Waals surface area contributed by atoms with E-state index in [1.165, 1.54) is 26.2 Å². The van der Waals surface area contributed by atoms with E-state index >= 15 is 0 Å². The van der Waals surface area contributed by atoms with Crippen LogP contribution in [0.5, 0.6) is 17.2 Å². The number of carbonyl (C=O) groups is 1. The van der Waals surface area contributed by atoms with Gasteiger partial charge in [-0.15, -0.1) is 0 Å². The third kappa shape index (κ3) is 4.37. The van der Waals surface area contributed by atoms with Crippen molar-refractivity contribution < 1.29 is 27.4 Å². The van der Waals surface area contributed by atoms with Crippen molar-refractivity contribution in [3.8, 4) is 17.2 Å². The molecule has 1 aliphatic rings. The summed E-state index contributed by atoms with van der Waals surface area (Å²) >= 11 is 0. The lowest BCUT2D eigenvalue weighted by Crippen LogP contribution is -2.28. The van der Waals surface area contributed by atoms with Crippen molar-refractivity contribution in [1.29, 1.82) is 0 Å². The highest BCUT2D eigenvalue weighted by molar-refractivity contribution is 7.89. The van der Waals surface area contributed by atoms with Gasteiger partial charge in [0.15, 0.2) is 18.1 Å². The fourth-order valence-electron chi connectivity index (χ4n) is 2.60. The van der Waals surface area contributed by atoms with Gasteiger partial charge in [-0.25, -0.2) is 12.7 Å². The summed E-state index contributed by atoms with van der Waals surface area (Å²) in [6.07, 6.45) is 0. The van der Waals surface area contributed by atoms with Crippen molar-refractivity contribution in [1.82, 2.24) is 9.62 Å². The maximum absolute atomic E-state index is 12.2. The van der Waals surface area contributed by atoms with Gasteiger partial charge in [-0.05, 0) is 48.4 Å². The summed E-state index contributed by atoms with van der Waals surface area (Å²) in [6, 6.07) is 10.0. The minimum atomic E-state index is -3.51. The molecule has 2 aromatic carbocycles. The minimum Gasteiger partial charge on any atom is -0.484 e. The lowest BCUT2D eigenvalue weighted by Gasteiger charge is -2.14. The number of fused-ring (bicyclic) bond motifs is 1. The van der Waals surface area contributed by atoms with E-state index in [1.807, 2.05) is 12.1 Å². The van der Waals surface area contributed by atoms with Crippen LogP contribution in [-0.4, -0.2) is 46.1 Å². The number of carbonyl (C=O) groups excluding carboxylic acids is 1. The fraction of sp³-hybridized carbons (Fsp3) is 0.316. The first kappa shape index (κ1) is 20.0. The van der Waals surface area contributed by atoms with Gasteiger partial charge >= 0.3 is 0 Å². The molecule has 3 rings (SSSR count). The normalized spacial score (nSPS) is 12.9. The molecular formula is C19H22N2O6S. The van der Waals surface area contributed by atoms with Crippen LogP contribution in [0.2, 0.25) is 0 Å². The molecule has 1 aliphatic heterocycles. The van der Waals surface area contributed by atoms with Crippen molar-refractivity contribution in [2.45, 2.75) is 18.4 Å². The second kappa shape index (κ2) is 8.07. The van der Waals surface area contributed by atoms with E-state index in [4.69, 9.17) is 14.2 Å². The molecule has 1 heterocycles. The summed E-state index contributed by atoms with van der Waals surface area (Å²) in [6.45, 7) is 2.09. The van der Waals surface area contributed by atoms with Crippen molar-refractivity contribution in [2.75, 3.05) is 27.5 Å². The van der Waals surface area contributed by atoms with Gasteiger partial charge in [0.25, 0.3) is 5.91 Å². The first-order valence-corrected chi connectivity index (χ1v) is 10.0. The van der Waals surface area contributed by atoms with E-state index in [0.717, 1.165) is 9.87 Å². The van der Waals surface area contributed by atoms with Crippen molar-refractivity contribution >= 4 is 15.9 Å². The highest BCUT2D eigenvalue weighted by atomic mass is 32.2. The zero-order chi connectivity index (χ0) is 20.3. The van der Waals surface area contributed by atoms with Gasteiger partial charge in [-0.1, -0.05) is 6.07 Å². The molecule has 0 radical (unpaired) electrons. The number of ether oxygens (including phenoxy) is 3. The predicted molar refractivity (Wildman–Crippen MR) is 102 cm³/mol. The van der Waals surface area contributed by atoms with Gasteiger partial charge in [0.1, 0.15) is 5.75 Å². The maximum Gasteiger partial charge on any atom is 0.258 e. The number of sulfonamides is 1. The summed E-state index contributed by atoms with van der Waals surface area (Å²) < 4.78 is 41.5. The molecule has 1 N–H and O–H groups in total. The number of rotatable bonds is 7. The van der Waals surface area contributed by atoms with Crippen LogP contribution in [-0.2, 0) is 21.4 Å². The van der Waals surface area contributed by atoms with E-state index in [-0.39, 0.29) is 24.2 Å². The zero-order valence-corrected chi connectivity index (χ0v) is 16.7. The molecule has 0 saturated carbocycles. The average molecular weight is 406 g/mol. The molecule has 1 amide bonds. The van der Waals surface area contributed by atoms with Crippen LogP contribution >= 0.6 is 0 Å².